The van der Waals surface area contributed by atoms with Crippen LogP contribution < -0.4 is 9.47 Å². The molecule has 0 aliphatic rings. The first-order valence-corrected chi connectivity index (χ1v) is 7.51. The van der Waals surface area contributed by atoms with Gasteiger partial charge in [0.05, 0.1) is 22.9 Å². The second-order valence-electron chi connectivity index (χ2n) is 4.53. The maximum atomic E-state index is 13.1. The van der Waals surface area contributed by atoms with E-state index in [1.807, 2.05) is 6.92 Å². The molecule has 0 unspecified atom stereocenters. The highest BCUT2D eigenvalue weighted by molar-refractivity contribution is 6.32. The number of ether oxygens (including phenoxy) is 2. The van der Waals surface area contributed by atoms with E-state index in [1.54, 1.807) is 18.2 Å². The predicted octanol–water partition coefficient (Wildman–Crippen LogP) is 4.92. The van der Waals surface area contributed by atoms with Gasteiger partial charge in [0.15, 0.2) is 11.5 Å². The molecule has 2 aromatic rings. The lowest BCUT2D eigenvalue weighted by atomic mass is 10.2. The largest absolute Gasteiger partial charge is 0.490 e. The van der Waals surface area contributed by atoms with Crippen LogP contribution in [-0.2, 0) is 6.61 Å². The van der Waals surface area contributed by atoms with Crippen LogP contribution in [0, 0.1) is 5.82 Å². The molecule has 0 radical (unpaired) electrons. The number of halogens is 3. The van der Waals surface area contributed by atoms with Crippen LogP contribution in [0.1, 0.15) is 18.1 Å². The van der Waals surface area contributed by atoms with E-state index in [9.17, 15) is 4.39 Å². The molecule has 0 amide bonds. The van der Waals surface area contributed by atoms with Crippen molar-refractivity contribution in [1.82, 2.24) is 0 Å². The van der Waals surface area contributed by atoms with Crippen molar-refractivity contribution in [2.24, 2.45) is 5.16 Å². The van der Waals surface area contributed by atoms with Gasteiger partial charge >= 0.3 is 0 Å². The van der Waals surface area contributed by atoms with Crippen molar-refractivity contribution < 1.29 is 19.1 Å². The summed E-state index contributed by atoms with van der Waals surface area (Å²) in [5.74, 6) is 0.330. The van der Waals surface area contributed by atoms with Gasteiger partial charge in [0, 0.05) is 11.1 Å². The first kappa shape index (κ1) is 17.4. The third kappa shape index (κ3) is 4.50. The predicted molar refractivity (Wildman–Crippen MR) is 87.7 cm³/mol. The molecule has 2 rings (SSSR count). The van der Waals surface area contributed by atoms with Gasteiger partial charge < -0.3 is 14.7 Å². The molecule has 0 aromatic heterocycles. The van der Waals surface area contributed by atoms with Crippen LogP contribution in [-0.4, -0.2) is 18.0 Å². The molecule has 0 bridgehead atoms. The highest BCUT2D eigenvalue weighted by Crippen LogP contribution is 2.37. The molecule has 0 aliphatic heterocycles. The lowest BCUT2D eigenvalue weighted by molar-refractivity contribution is 0.269. The summed E-state index contributed by atoms with van der Waals surface area (Å²) < 4.78 is 24.2. The Bertz CT molecular complexity index is 723. The van der Waals surface area contributed by atoms with Crippen LogP contribution in [0.3, 0.4) is 0 Å². The van der Waals surface area contributed by atoms with E-state index >= 15 is 0 Å². The van der Waals surface area contributed by atoms with Gasteiger partial charge in [-0.3, -0.25) is 0 Å². The lowest BCUT2D eigenvalue weighted by Crippen LogP contribution is -2.02. The average molecular weight is 358 g/mol. The van der Waals surface area contributed by atoms with Crippen LogP contribution in [0.25, 0.3) is 0 Å². The first-order chi connectivity index (χ1) is 11.0. The quantitative estimate of drug-likeness (QED) is 0.453. The van der Waals surface area contributed by atoms with Crippen molar-refractivity contribution in [3.8, 4) is 11.5 Å². The zero-order valence-electron chi connectivity index (χ0n) is 12.2. The number of benzene rings is 2. The lowest BCUT2D eigenvalue weighted by Gasteiger charge is -2.15. The van der Waals surface area contributed by atoms with E-state index in [0.29, 0.717) is 34.3 Å². The summed E-state index contributed by atoms with van der Waals surface area (Å²) in [6.07, 6.45) is 1.23. The van der Waals surface area contributed by atoms with E-state index in [-0.39, 0.29) is 11.6 Å². The third-order valence-electron chi connectivity index (χ3n) is 2.93. The van der Waals surface area contributed by atoms with E-state index in [0.717, 1.165) is 0 Å². The van der Waals surface area contributed by atoms with Crippen molar-refractivity contribution >= 4 is 29.4 Å². The average Bonchev–Trinajstić information content (AvgIpc) is 2.49. The van der Waals surface area contributed by atoms with Gasteiger partial charge in [-0.2, -0.15) is 0 Å². The van der Waals surface area contributed by atoms with Gasteiger partial charge in [-0.05, 0) is 31.2 Å². The first-order valence-electron chi connectivity index (χ1n) is 6.75. The highest BCUT2D eigenvalue weighted by Gasteiger charge is 2.13. The second kappa shape index (κ2) is 8.04. The summed E-state index contributed by atoms with van der Waals surface area (Å²) in [4.78, 5) is 0. The van der Waals surface area contributed by atoms with Crippen molar-refractivity contribution in [1.29, 1.82) is 0 Å². The van der Waals surface area contributed by atoms with E-state index in [4.69, 9.17) is 37.9 Å². The fourth-order valence-electron chi connectivity index (χ4n) is 1.92. The maximum Gasteiger partial charge on any atom is 0.180 e. The standard InChI is InChI=1S/C16H14Cl2FNO3/c1-2-22-15-6-10(8-20-21)5-14(18)16(15)23-9-11-3-4-12(19)7-13(11)17/h3-8,21H,2,9H2,1H3/b20-8-. The Morgan fingerprint density at radius 3 is 2.61 bits per heavy atom. The summed E-state index contributed by atoms with van der Waals surface area (Å²) in [5, 5.41) is 12.1. The van der Waals surface area contributed by atoms with Crippen molar-refractivity contribution in [3.05, 3.63) is 57.3 Å². The molecule has 122 valence electrons. The SMILES string of the molecule is CCOc1cc(/C=N\O)cc(Cl)c1OCc1ccc(F)cc1Cl. The molecule has 4 nitrogen and oxygen atoms in total. The molecule has 0 atom stereocenters. The Kier molecular flexibility index (Phi) is 6.07. The van der Waals surface area contributed by atoms with Crippen molar-refractivity contribution in [3.63, 3.8) is 0 Å². The van der Waals surface area contributed by atoms with Crippen LogP contribution in [0.15, 0.2) is 35.5 Å². The zero-order chi connectivity index (χ0) is 16.8. The van der Waals surface area contributed by atoms with Gasteiger partial charge in [-0.25, -0.2) is 4.39 Å². The summed E-state index contributed by atoms with van der Waals surface area (Å²) in [6, 6.07) is 7.27. The van der Waals surface area contributed by atoms with Crippen molar-refractivity contribution in [2.75, 3.05) is 6.61 Å². The number of rotatable bonds is 6. The minimum Gasteiger partial charge on any atom is -0.490 e. The Hall–Kier alpha value is -1.98. The molecule has 0 fully saturated rings. The maximum absolute atomic E-state index is 13.1. The highest BCUT2D eigenvalue weighted by atomic mass is 35.5. The molecule has 0 saturated carbocycles. The number of nitrogens with zero attached hydrogens (tertiary/aromatic N) is 1. The molecule has 2 aromatic carbocycles. The molecule has 0 heterocycles. The topological polar surface area (TPSA) is 51.0 Å². The van der Waals surface area contributed by atoms with Crippen LogP contribution in [0.5, 0.6) is 11.5 Å². The molecule has 0 saturated heterocycles. The number of hydrogen-bond acceptors (Lipinski definition) is 4. The molecule has 0 spiro atoms. The monoisotopic (exact) mass is 357 g/mol. The van der Waals surface area contributed by atoms with Crippen molar-refractivity contribution in [2.45, 2.75) is 13.5 Å². The summed E-state index contributed by atoms with van der Waals surface area (Å²) in [5.41, 5.74) is 1.18. The molecule has 0 aliphatic carbocycles. The van der Waals surface area contributed by atoms with E-state index in [1.165, 1.54) is 18.3 Å². The van der Waals surface area contributed by atoms with Gasteiger partial charge in [0.25, 0.3) is 0 Å². The molecule has 1 N–H and O–H groups in total. The minimum atomic E-state index is -0.417. The molecular weight excluding hydrogens is 344 g/mol. The smallest absolute Gasteiger partial charge is 0.180 e. The van der Waals surface area contributed by atoms with Crippen LogP contribution in [0.4, 0.5) is 4.39 Å². The Morgan fingerprint density at radius 2 is 1.96 bits per heavy atom. The summed E-state index contributed by atoms with van der Waals surface area (Å²) >= 11 is 12.2. The number of hydrogen-bond donors (Lipinski definition) is 1. The van der Waals surface area contributed by atoms with Gasteiger partial charge in [-0.15, -0.1) is 0 Å². The van der Waals surface area contributed by atoms with E-state index in [2.05, 4.69) is 5.16 Å². The Labute approximate surface area is 143 Å². The molecule has 23 heavy (non-hydrogen) atoms. The summed E-state index contributed by atoms with van der Waals surface area (Å²) in [7, 11) is 0. The molecule has 7 heteroatoms. The van der Waals surface area contributed by atoms with Crippen LogP contribution in [0.2, 0.25) is 10.0 Å². The van der Waals surface area contributed by atoms with Crippen LogP contribution >= 0.6 is 23.2 Å². The van der Waals surface area contributed by atoms with Gasteiger partial charge in [0.2, 0.25) is 0 Å². The fraction of sp³-hybridized carbons (Fsp3) is 0.188. The Morgan fingerprint density at radius 1 is 1.17 bits per heavy atom. The minimum absolute atomic E-state index is 0.104. The zero-order valence-corrected chi connectivity index (χ0v) is 13.7. The summed E-state index contributed by atoms with van der Waals surface area (Å²) in [6.45, 7) is 2.33. The second-order valence-corrected chi connectivity index (χ2v) is 5.35. The fourth-order valence-corrected chi connectivity index (χ4v) is 2.42. The normalized spacial score (nSPS) is 11.0. The van der Waals surface area contributed by atoms with Gasteiger partial charge in [0.1, 0.15) is 12.4 Å². The Balaban J connectivity index is 2.27. The molecular formula is C16H14Cl2FNO3. The van der Waals surface area contributed by atoms with E-state index < -0.39 is 5.82 Å². The van der Waals surface area contributed by atoms with Gasteiger partial charge in [-0.1, -0.05) is 34.4 Å². The number of oxime groups is 1. The third-order valence-corrected chi connectivity index (χ3v) is 3.56.